The van der Waals surface area contributed by atoms with E-state index in [2.05, 4.69) is 25.9 Å². The second-order valence-corrected chi connectivity index (χ2v) is 5.33. The Kier molecular flexibility index (Phi) is 3.06. The minimum Gasteiger partial charge on any atom is -0.504 e. The van der Waals surface area contributed by atoms with Crippen molar-refractivity contribution in [1.82, 2.24) is 9.97 Å². The maximum absolute atomic E-state index is 12.1. The van der Waals surface area contributed by atoms with Crippen LogP contribution in [0.5, 0.6) is 17.2 Å². The van der Waals surface area contributed by atoms with Gasteiger partial charge >= 0.3 is 0 Å². The Hall–Kier alpha value is -2.54. The molecule has 0 radical (unpaired) electrons. The molecule has 106 valence electrons. The summed E-state index contributed by atoms with van der Waals surface area (Å²) < 4.78 is 0.819. The van der Waals surface area contributed by atoms with Crippen molar-refractivity contribution >= 4 is 26.8 Å². The van der Waals surface area contributed by atoms with Crippen LogP contribution in [-0.4, -0.2) is 25.3 Å². The highest BCUT2D eigenvalue weighted by molar-refractivity contribution is 9.10. The number of hydrogen-bond acceptors (Lipinski definition) is 5. The first-order chi connectivity index (χ1) is 9.97. The van der Waals surface area contributed by atoms with Crippen LogP contribution in [-0.2, 0) is 0 Å². The van der Waals surface area contributed by atoms with Crippen molar-refractivity contribution in [3.8, 4) is 28.6 Å². The topological polar surface area (TPSA) is 106 Å². The maximum Gasteiger partial charge on any atom is 0.262 e. The van der Waals surface area contributed by atoms with Gasteiger partial charge in [-0.1, -0.05) is 28.1 Å². The number of H-pyrrole nitrogens is 1. The van der Waals surface area contributed by atoms with E-state index >= 15 is 0 Å². The Bertz CT molecular complexity index is 921. The number of nitrogens with zero attached hydrogens (tertiary/aromatic N) is 1. The summed E-state index contributed by atoms with van der Waals surface area (Å²) in [6.45, 7) is 0. The lowest BCUT2D eigenvalue weighted by Gasteiger charge is -2.07. The van der Waals surface area contributed by atoms with Crippen LogP contribution in [0.3, 0.4) is 0 Å². The van der Waals surface area contributed by atoms with Gasteiger partial charge in [-0.15, -0.1) is 0 Å². The molecule has 3 rings (SSSR count). The summed E-state index contributed by atoms with van der Waals surface area (Å²) in [4.78, 5) is 18.8. The lowest BCUT2D eigenvalue weighted by atomic mass is 10.1. The summed E-state index contributed by atoms with van der Waals surface area (Å²) in [5, 5.41) is 28.6. The summed E-state index contributed by atoms with van der Waals surface area (Å²) in [6.07, 6.45) is 0. The van der Waals surface area contributed by atoms with E-state index in [0.717, 1.165) is 10.5 Å². The number of aromatic nitrogens is 2. The molecule has 0 spiro atoms. The molecule has 6 nitrogen and oxygen atoms in total. The van der Waals surface area contributed by atoms with Crippen LogP contribution in [0.1, 0.15) is 0 Å². The van der Waals surface area contributed by atoms with Gasteiger partial charge in [0.25, 0.3) is 5.56 Å². The highest BCUT2D eigenvalue weighted by atomic mass is 79.9. The van der Waals surface area contributed by atoms with E-state index in [0.29, 0.717) is 11.4 Å². The van der Waals surface area contributed by atoms with Crippen molar-refractivity contribution < 1.29 is 15.3 Å². The Morgan fingerprint density at radius 3 is 2.57 bits per heavy atom. The van der Waals surface area contributed by atoms with Crippen molar-refractivity contribution in [1.29, 1.82) is 0 Å². The molecule has 0 fully saturated rings. The molecule has 0 atom stereocenters. The van der Waals surface area contributed by atoms with Gasteiger partial charge in [0.15, 0.2) is 11.5 Å². The lowest BCUT2D eigenvalue weighted by Crippen LogP contribution is -2.09. The van der Waals surface area contributed by atoms with Gasteiger partial charge in [-0.3, -0.25) is 4.79 Å². The number of aromatic amines is 1. The Balaban J connectivity index is 2.34. The standard InChI is InChI=1S/C14H9BrN2O4/c15-7-3-1-2-6(4-7)13-16-8-5-9(18)11(19)12(20)10(8)14(21)17-13/h1-5,18-20H,(H,16,17,21). The lowest BCUT2D eigenvalue weighted by molar-refractivity contribution is 0.371. The van der Waals surface area contributed by atoms with E-state index < -0.39 is 22.8 Å². The number of phenolic OH excluding ortho intramolecular Hbond substituents is 3. The molecule has 3 aromatic rings. The molecular weight excluding hydrogens is 340 g/mol. The monoisotopic (exact) mass is 348 g/mol. The van der Waals surface area contributed by atoms with Gasteiger partial charge in [-0.25, -0.2) is 4.98 Å². The van der Waals surface area contributed by atoms with Gasteiger partial charge in [0.05, 0.1) is 5.52 Å². The number of nitrogens with one attached hydrogen (secondary N) is 1. The van der Waals surface area contributed by atoms with Gasteiger partial charge in [0.2, 0.25) is 5.75 Å². The quantitative estimate of drug-likeness (QED) is 0.505. The fourth-order valence-corrected chi connectivity index (χ4v) is 2.43. The number of halogens is 1. The molecule has 0 aliphatic heterocycles. The summed E-state index contributed by atoms with van der Waals surface area (Å²) >= 11 is 3.33. The van der Waals surface area contributed by atoms with E-state index in [4.69, 9.17) is 0 Å². The number of benzene rings is 2. The first-order valence-corrected chi connectivity index (χ1v) is 6.70. The van der Waals surface area contributed by atoms with Crippen LogP contribution < -0.4 is 5.56 Å². The van der Waals surface area contributed by atoms with Crippen LogP contribution in [0, 0.1) is 0 Å². The Labute approximate surface area is 126 Å². The fraction of sp³-hybridized carbons (Fsp3) is 0. The molecule has 4 N–H and O–H groups in total. The molecule has 21 heavy (non-hydrogen) atoms. The zero-order chi connectivity index (χ0) is 15.1. The third-order valence-corrected chi connectivity index (χ3v) is 3.52. The van der Waals surface area contributed by atoms with E-state index in [1.54, 1.807) is 18.2 Å². The van der Waals surface area contributed by atoms with Gasteiger partial charge in [-0.2, -0.15) is 0 Å². The smallest absolute Gasteiger partial charge is 0.262 e. The van der Waals surface area contributed by atoms with Crippen LogP contribution in [0.2, 0.25) is 0 Å². The van der Waals surface area contributed by atoms with Crippen LogP contribution in [0.15, 0.2) is 39.6 Å². The first kappa shape index (κ1) is 13.4. The number of phenols is 3. The SMILES string of the molecule is O=c1[nH]c(-c2cccc(Br)c2)nc2cc(O)c(O)c(O)c12. The fourth-order valence-electron chi connectivity index (χ4n) is 2.03. The van der Waals surface area contributed by atoms with Crippen LogP contribution >= 0.6 is 15.9 Å². The largest absolute Gasteiger partial charge is 0.504 e. The molecule has 0 unspecified atom stereocenters. The summed E-state index contributed by atoms with van der Waals surface area (Å²) in [5.74, 6) is -1.69. The summed E-state index contributed by atoms with van der Waals surface area (Å²) in [7, 11) is 0. The van der Waals surface area contributed by atoms with Crippen LogP contribution in [0.4, 0.5) is 0 Å². The first-order valence-electron chi connectivity index (χ1n) is 5.91. The van der Waals surface area contributed by atoms with Crippen molar-refractivity contribution in [3.63, 3.8) is 0 Å². The van der Waals surface area contributed by atoms with E-state index in [9.17, 15) is 20.1 Å². The minimum atomic E-state index is -0.745. The van der Waals surface area contributed by atoms with E-state index in [-0.39, 0.29) is 10.9 Å². The number of rotatable bonds is 1. The normalized spacial score (nSPS) is 10.9. The molecule has 1 heterocycles. The van der Waals surface area contributed by atoms with Crippen molar-refractivity contribution in [3.05, 3.63) is 45.2 Å². The average molecular weight is 349 g/mol. The molecule has 1 aromatic heterocycles. The van der Waals surface area contributed by atoms with Gasteiger partial charge in [0.1, 0.15) is 11.2 Å². The van der Waals surface area contributed by atoms with E-state index in [1.165, 1.54) is 0 Å². The molecule has 0 bridgehead atoms. The number of fused-ring (bicyclic) bond motifs is 1. The number of aromatic hydroxyl groups is 3. The molecule has 0 saturated carbocycles. The molecule has 0 amide bonds. The minimum absolute atomic E-state index is 0.0847. The molecule has 7 heteroatoms. The van der Waals surface area contributed by atoms with Gasteiger partial charge in [0, 0.05) is 16.1 Å². The zero-order valence-electron chi connectivity index (χ0n) is 10.5. The highest BCUT2D eigenvalue weighted by Gasteiger charge is 2.16. The van der Waals surface area contributed by atoms with E-state index in [1.807, 2.05) is 6.07 Å². The predicted molar refractivity (Wildman–Crippen MR) is 80.5 cm³/mol. The highest BCUT2D eigenvalue weighted by Crippen LogP contribution is 2.39. The molecule has 0 saturated heterocycles. The predicted octanol–water partition coefficient (Wildman–Crippen LogP) is 2.47. The third-order valence-electron chi connectivity index (χ3n) is 3.02. The molecule has 0 aliphatic rings. The zero-order valence-corrected chi connectivity index (χ0v) is 12.0. The maximum atomic E-state index is 12.1. The van der Waals surface area contributed by atoms with Crippen molar-refractivity contribution in [2.24, 2.45) is 0 Å². The second-order valence-electron chi connectivity index (χ2n) is 4.41. The van der Waals surface area contributed by atoms with Gasteiger partial charge in [-0.05, 0) is 12.1 Å². The third kappa shape index (κ3) is 2.21. The molecule has 0 aliphatic carbocycles. The molecular formula is C14H9BrN2O4. The second kappa shape index (κ2) is 4.78. The summed E-state index contributed by atoms with van der Waals surface area (Å²) in [5.41, 5.74) is 0.139. The van der Waals surface area contributed by atoms with Gasteiger partial charge < -0.3 is 20.3 Å². The van der Waals surface area contributed by atoms with Crippen molar-refractivity contribution in [2.45, 2.75) is 0 Å². The molecule has 2 aromatic carbocycles. The van der Waals surface area contributed by atoms with Crippen LogP contribution in [0.25, 0.3) is 22.3 Å². The average Bonchev–Trinajstić information content (AvgIpc) is 2.44. The van der Waals surface area contributed by atoms with Crippen molar-refractivity contribution in [2.75, 3.05) is 0 Å². The Morgan fingerprint density at radius 1 is 1.10 bits per heavy atom. The number of hydrogen-bond donors (Lipinski definition) is 4. The summed E-state index contributed by atoms with van der Waals surface area (Å²) in [6, 6.07) is 8.27. The Morgan fingerprint density at radius 2 is 1.86 bits per heavy atom.